The Morgan fingerprint density at radius 3 is 2.74 bits per heavy atom. The van der Waals surface area contributed by atoms with Crippen LogP contribution in [-0.4, -0.2) is 59.9 Å². The molecule has 2 aliphatic rings. The smallest absolute Gasteiger partial charge is 0.328 e. The number of hydrogen-bond acceptors (Lipinski definition) is 6. The molecule has 2 atom stereocenters. The number of carbonyl (C=O) groups excluding carboxylic acids is 1. The molecule has 8 nitrogen and oxygen atoms in total. The molecule has 0 aromatic carbocycles. The molecule has 0 radical (unpaired) electrons. The zero-order valence-electron chi connectivity index (χ0n) is 19.4. The van der Waals surface area contributed by atoms with Crippen LogP contribution in [0.25, 0.3) is 11.3 Å². The molecule has 3 aromatic heterocycles. The number of fused-ring (bicyclic) bond motifs is 1. The number of halogens is 1. The Kier molecular flexibility index (Phi) is 6.00. The molecule has 2 aliphatic heterocycles. The van der Waals surface area contributed by atoms with Crippen molar-refractivity contribution in [1.82, 2.24) is 15.0 Å². The standard InChI is InChI=1S/C25H28FN7O/c1-17-9-13-31(2)21-7-6-20(18-8-12-28-23(15-18)32-14-10-19(26)16-32)29-24(21)33(17)25(34)30-22-5-3-4-11-27-22/h3-8,11-12,15,17,19H,9-10,13-14,16H2,1-2H3,(H,27,30,34)/t17-,19+/m1/s1. The van der Waals surface area contributed by atoms with Crippen LogP contribution in [0.1, 0.15) is 19.8 Å². The number of alkyl halides is 1. The van der Waals surface area contributed by atoms with Crippen molar-refractivity contribution in [2.75, 3.05) is 46.7 Å². The predicted octanol–water partition coefficient (Wildman–Crippen LogP) is 4.35. The third kappa shape index (κ3) is 4.37. The van der Waals surface area contributed by atoms with E-state index in [1.54, 1.807) is 29.4 Å². The summed E-state index contributed by atoms with van der Waals surface area (Å²) in [5.41, 5.74) is 2.50. The number of nitrogens with zero attached hydrogens (tertiary/aromatic N) is 6. The second-order valence-corrected chi connectivity index (χ2v) is 8.85. The maximum atomic E-state index is 13.7. The van der Waals surface area contributed by atoms with Crippen LogP contribution >= 0.6 is 0 Å². The van der Waals surface area contributed by atoms with Crippen molar-refractivity contribution in [3.8, 4) is 11.3 Å². The summed E-state index contributed by atoms with van der Waals surface area (Å²) >= 11 is 0. The molecule has 0 saturated carbocycles. The van der Waals surface area contributed by atoms with E-state index in [9.17, 15) is 9.18 Å². The molecule has 0 spiro atoms. The zero-order valence-corrected chi connectivity index (χ0v) is 19.4. The van der Waals surface area contributed by atoms with Gasteiger partial charge in [-0.2, -0.15) is 0 Å². The average Bonchev–Trinajstić information content (AvgIpc) is 3.24. The van der Waals surface area contributed by atoms with Gasteiger partial charge in [-0.25, -0.2) is 24.1 Å². The molecule has 1 N–H and O–H groups in total. The first-order valence-electron chi connectivity index (χ1n) is 11.6. The van der Waals surface area contributed by atoms with E-state index in [2.05, 4.69) is 20.2 Å². The maximum Gasteiger partial charge on any atom is 0.328 e. The maximum absolute atomic E-state index is 13.7. The zero-order chi connectivity index (χ0) is 23.7. The molecule has 0 bridgehead atoms. The van der Waals surface area contributed by atoms with E-state index < -0.39 is 6.17 Å². The number of rotatable bonds is 3. The Hall–Kier alpha value is -3.75. The van der Waals surface area contributed by atoms with Crippen molar-refractivity contribution in [3.63, 3.8) is 0 Å². The molecule has 0 aliphatic carbocycles. The van der Waals surface area contributed by atoms with E-state index in [0.29, 0.717) is 31.1 Å². The van der Waals surface area contributed by atoms with Gasteiger partial charge in [0.1, 0.15) is 17.8 Å². The number of urea groups is 1. The Labute approximate surface area is 198 Å². The highest BCUT2D eigenvalue weighted by Crippen LogP contribution is 2.35. The Balaban J connectivity index is 1.51. The highest BCUT2D eigenvalue weighted by Gasteiger charge is 2.31. The SMILES string of the molecule is C[C@@H]1CCN(C)c2ccc(-c3ccnc(N4CC[C@H](F)C4)c3)nc2N1C(=O)Nc1ccccn1. The molecular weight excluding hydrogens is 433 g/mol. The van der Waals surface area contributed by atoms with E-state index in [4.69, 9.17) is 4.98 Å². The van der Waals surface area contributed by atoms with Crippen molar-refractivity contribution in [2.45, 2.75) is 32.0 Å². The lowest BCUT2D eigenvalue weighted by molar-refractivity contribution is 0.255. The van der Waals surface area contributed by atoms with Crippen LogP contribution in [0.2, 0.25) is 0 Å². The van der Waals surface area contributed by atoms with Gasteiger partial charge in [0.05, 0.1) is 17.9 Å². The van der Waals surface area contributed by atoms with E-state index in [-0.39, 0.29) is 12.1 Å². The van der Waals surface area contributed by atoms with Crippen molar-refractivity contribution >= 4 is 29.2 Å². The third-order valence-electron chi connectivity index (χ3n) is 6.43. The lowest BCUT2D eigenvalue weighted by atomic mass is 10.1. The summed E-state index contributed by atoms with van der Waals surface area (Å²) in [6.07, 6.45) is 3.87. The van der Waals surface area contributed by atoms with Crippen LogP contribution in [0, 0.1) is 0 Å². The van der Waals surface area contributed by atoms with Crippen molar-refractivity contribution < 1.29 is 9.18 Å². The summed E-state index contributed by atoms with van der Waals surface area (Å²) < 4.78 is 13.7. The quantitative estimate of drug-likeness (QED) is 0.625. The molecule has 9 heteroatoms. The van der Waals surface area contributed by atoms with Gasteiger partial charge < -0.3 is 9.80 Å². The molecule has 1 saturated heterocycles. The highest BCUT2D eigenvalue weighted by molar-refractivity contribution is 6.03. The normalized spacial score (nSPS) is 20.1. The van der Waals surface area contributed by atoms with Gasteiger partial charge in [-0.1, -0.05) is 6.07 Å². The molecule has 1 fully saturated rings. The van der Waals surface area contributed by atoms with E-state index >= 15 is 0 Å². The highest BCUT2D eigenvalue weighted by atomic mass is 19.1. The number of pyridine rings is 3. The number of carbonyl (C=O) groups is 1. The topological polar surface area (TPSA) is 77.5 Å². The summed E-state index contributed by atoms with van der Waals surface area (Å²) in [6, 6.07) is 12.9. The first kappa shape index (κ1) is 22.1. The van der Waals surface area contributed by atoms with Crippen LogP contribution in [-0.2, 0) is 0 Å². The van der Waals surface area contributed by atoms with Gasteiger partial charge in [-0.3, -0.25) is 10.2 Å². The molecule has 176 valence electrons. The third-order valence-corrected chi connectivity index (χ3v) is 6.43. The number of nitrogens with one attached hydrogen (secondary N) is 1. The van der Waals surface area contributed by atoms with Gasteiger partial charge in [-0.15, -0.1) is 0 Å². The average molecular weight is 462 g/mol. The molecular formula is C25H28FN7O. The van der Waals surface area contributed by atoms with Gasteiger partial charge in [0.2, 0.25) is 0 Å². The van der Waals surface area contributed by atoms with Gasteiger partial charge >= 0.3 is 6.03 Å². The van der Waals surface area contributed by atoms with Crippen LogP contribution in [0.4, 0.5) is 32.3 Å². The van der Waals surface area contributed by atoms with Crippen molar-refractivity contribution in [2.24, 2.45) is 0 Å². The van der Waals surface area contributed by atoms with E-state index in [0.717, 1.165) is 35.7 Å². The number of amides is 2. The predicted molar refractivity (Wildman–Crippen MR) is 132 cm³/mol. The van der Waals surface area contributed by atoms with Gasteiger partial charge in [0, 0.05) is 44.1 Å². The van der Waals surface area contributed by atoms with Gasteiger partial charge in [-0.05, 0) is 56.2 Å². The minimum absolute atomic E-state index is 0.0609. The summed E-state index contributed by atoms with van der Waals surface area (Å²) in [6.45, 7) is 3.85. The fourth-order valence-corrected chi connectivity index (χ4v) is 4.50. The first-order valence-corrected chi connectivity index (χ1v) is 11.6. The number of aromatic nitrogens is 3. The van der Waals surface area contributed by atoms with Gasteiger partial charge in [0.15, 0.2) is 5.82 Å². The van der Waals surface area contributed by atoms with Crippen LogP contribution in [0.3, 0.4) is 0 Å². The molecule has 5 heterocycles. The lowest BCUT2D eigenvalue weighted by Crippen LogP contribution is -2.42. The first-order chi connectivity index (χ1) is 16.5. The van der Waals surface area contributed by atoms with E-state index in [1.165, 1.54) is 0 Å². The summed E-state index contributed by atoms with van der Waals surface area (Å²) in [5, 5.41) is 2.90. The minimum atomic E-state index is -0.820. The van der Waals surface area contributed by atoms with Gasteiger partial charge in [0.25, 0.3) is 0 Å². The van der Waals surface area contributed by atoms with Crippen molar-refractivity contribution in [3.05, 3.63) is 54.9 Å². The fourth-order valence-electron chi connectivity index (χ4n) is 4.50. The monoisotopic (exact) mass is 461 g/mol. The summed E-state index contributed by atoms with van der Waals surface area (Å²) in [5.74, 6) is 1.83. The summed E-state index contributed by atoms with van der Waals surface area (Å²) in [7, 11) is 2.01. The molecule has 34 heavy (non-hydrogen) atoms. The Morgan fingerprint density at radius 2 is 1.97 bits per heavy atom. The Bertz CT molecular complexity index is 1170. The lowest BCUT2D eigenvalue weighted by Gasteiger charge is -2.28. The van der Waals surface area contributed by atoms with Crippen LogP contribution < -0.4 is 20.0 Å². The largest absolute Gasteiger partial charge is 0.372 e. The Morgan fingerprint density at radius 1 is 1.09 bits per heavy atom. The van der Waals surface area contributed by atoms with Crippen LogP contribution in [0.5, 0.6) is 0 Å². The molecule has 0 unspecified atom stereocenters. The molecule has 3 aromatic rings. The molecule has 2 amide bonds. The second-order valence-electron chi connectivity index (χ2n) is 8.85. The van der Waals surface area contributed by atoms with E-state index in [1.807, 2.05) is 49.2 Å². The summed E-state index contributed by atoms with van der Waals surface area (Å²) in [4.78, 5) is 32.8. The minimum Gasteiger partial charge on any atom is -0.372 e. The van der Waals surface area contributed by atoms with Crippen molar-refractivity contribution in [1.29, 1.82) is 0 Å². The number of hydrogen-bond donors (Lipinski definition) is 1. The fraction of sp³-hybridized carbons (Fsp3) is 0.360. The number of anilines is 4. The second kappa shape index (κ2) is 9.24. The molecule has 5 rings (SSSR count). The van der Waals surface area contributed by atoms with Crippen LogP contribution in [0.15, 0.2) is 54.9 Å².